The van der Waals surface area contributed by atoms with Crippen LogP contribution in [0.5, 0.6) is 11.5 Å². The molecule has 3 rings (SSSR count). The Morgan fingerprint density at radius 1 is 1.17 bits per heavy atom. The molecule has 2 N–H and O–H groups in total. The van der Waals surface area contributed by atoms with Crippen molar-refractivity contribution in [2.24, 2.45) is 5.92 Å². The number of aryl methyl sites for hydroxylation is 1. The molecule has 0 bridgehead atoms. The summed E-state index contributed by atoms with van der Waals surface area (Å²) in [5.74, 6) is -0.799. The zero-order chi connectivity index (χ0) is 26.6. The van der Waals surface area contributed by atoms with E-state index in [0.717, 1.165) is 11.1 Å². The summed E-state index contributed by atoms with van der Waals surface area (Å²) in [5.41, 5.74) is 2.33. The lowest BCUT2D eigenvalue weighted by Crippen LogP contribution is -2.47. The Kier molecular flexibility index (Phi) is 8.18. The Morgan fingerprint density at radius 3 is 2.44 bits per heavy atom. The average Bonchev–Trinajstić information content (AvgIpc) is 2.81. The molecule has 2 amide bonds. The van der Waals surface area contributed by atoms with Crippen molar-refractivity contribution in [1.29, 1.82) is 0 Å². The minimum atomic E-state index is -1.000. The highest BCUT2D eigenvalue weighted by Gasteiger charge is 2.37. The van der Waals surface area contributed by atoms with E-state index in [4.69, 9.17) is 14.2 Å². The number of methoxy groups -OCH3 is 1. The maximum absolute atomic E-state index is 13.1. The van der Waals surface area contributed by atoms with Gasteiger partial charge in [0, 0.05) is 11.8 Å². The monoisotopic (exact) mass is 497 g/mol. The van der Waals surface area contributed by atoms with E-state index in [0.29, 0.717) is 5.70 Å². The molecule has 0 aromatic heterocycles. The molecule has 0 saturated heterocycles. The van der Waals surface area contributed by atoms with E-state index < -0.39 is 29.1 Å². The van der Waals surface area contributed by atoms with Crippen LogP contribution in [0.25, 0.3) is 0 Å². The van der Waals surface area contributed by atoms with Gasteiger partial charge in [0.25, 0.3) is 0 Å². The molecule has 0 radical (unpaired) electrons. The van der Waals surface area contributed by atoms with Crippen LogP contribution >= 0.6 is 0 Å². The molecule has 1 unspecified atom stereocenters. The second-order valence-corrected chi connectivity index (χ2v) is 9.01. The molecule has 0 saturated carbocycles. The zero-order valence-electron chi connectivity index (χ0n) is 21.2. The minimum Gasteiger partial charge on any atom is -0.493 e. The molecule has 36 heavy (non-hydrogen) atoms. The molecule has 0 spiro atoms. The Bertz CT molecular complexity index is 1200. The molecule has 0 fully saturated rings. The SMILES string of the molecule is COc1cc(C2NC(=O)NC(C(C)C)=C2C(=O)OC(C)C)cc([N+](=O)[O-])c1OCc1ccccc1C. The number of benzene rings is 2. The normalized spacial score (nSPS) is 15.4. The minimum absolute atomic E-state index is 0.0471. The number of esters is 1. The van der Waals surface area contributed by atoms with Gasteiger partial charge in [0.05, 0.1) is 29.8 Å². The highest BCUT2D eigenvalue weighted by Crippen LogP contribution is 2.42. The summed E-state index contributed by atoms with van der Waals surface area (Å²) in [7, 11) is 1.37. The summed E-state index contributed by atoms with van der Waals surface area (Å²) in [4.78, 5) is 37.1. The number of carbonyl (C=O) groups excluding carboxylic acids is 2. The van der Waals surface area contributed by atoms with Crippen molar-refractivity contribution >= 4 is 17.7 Å². The number of rotatable bonds is 9. The summed E-state index contributed by atoms with van der Waals surface area (Å²) in [6.07, 6.45) is -0.405. The summed E-state index contributed by atoms with van der Waals surface area (Å²) < 4.78 is 16.8. The highest BCUT2D eigenvalue weighted by molar-refractivity contribution is 5.95. The van der Waals surface area contributed by atoms with Gasteiger partial charge < -0.3 is 24.8 Å². The fraction of sp³-hybridized carbons (Fsp3) is 0.385. The summed E-state index contributed by atoms with van der Waals surface area (Å²) in [5, 5.41) is 17.4. The van der Waals surface area contributed by atoms with Crippen LogP contribution in [0.4, 0.5) is 10.5 Å². The smallest absolute Gasteiger partial charge is 0.338 e. The lowest BCUT2D eigenvalue weighted by molar-refractivity contribution is -0.386. The Morgan fingerprint density at radius 2 is 1.86 bits per heavy atom. The van der Waals surface area contributed by atoms with Crippen molar-refractivity contribution in [3.05, 3.63) is 74.5 Å². The first-order chi connectivity index (χ1) is 17.0. The van der Waals surface area contributed by atoms with E-state index >= 15 is 0 Å². The van der Waals surface area contributed by atoms with E-state index in [1.807, 2.05) is 45.0 Å². The summed E-state index contributed by atoms with van der Waals surface area (Å²) in [6.45, 7) is 9.09. The molecular formula is C26H31N3O7. The molecule has 1 aliphatic heterocycles. The van der Waals surface area contributed by atoms with Gasteiger partial charge in [-0.2, -0.15) is 0 Å². The van der Waals surface area contributed by atoms with E-state index in [9.17, 15) is 19.7 Å². The number of hydrogen-bond acceptors (Lipinski definition) is 7. The third kappa shape index (κ3) is 5.76. The maximum atomic E-state index is 13.1. The molecule has 10 heteroatoms. The maximum Gasteiger partial charge on any atom is 0.338 e. The first-order valence-corrected chi connectivity index (χ1v) is 11.6. The van der Waals surface area contributed by atoms with Crippen LogP contribution in [0, 0.1) is 23.0 Å². The van der Waals surface area contributed by atoms with Crippen molar-refractivity contribution in [3.8, 4) is 11.5 Å². The van der Waals surface area contributed by atoms with Crippen LogP contribution in [0.1, 0.15) is 50.4 Å². The molecule has 192 valence electrons. The number of ether oxygens (including phenoxy) is 3. The van der Waals surface area contributed by atoms with E-state index in [1.165, 1.54) is 19.2 Å². The van der Waals surface area contributed by atoms with Gasteiger partial charge in [0.1, 0.15) is 6.61 Å². The number of nitro benzene ring substituents is 1. The van der Waals surface area contributed by atoms with Crippen LogP contribution in [0.3, 0.4) is 0 Å². The number of allylic oxidation sites excluding steroid dienone is 1. The molecule has 1 atom stereocenters. The van der Waals surface area contributed by atoms with Crippen LogP contribution < -0.4 is 20.1 Å². The fourth-order valence-electron chi connectivity index (χ4n) is 3.92. The van der Waals surface area contributed by atoms with Gasteiger partial charge in [0.15, 0.2) is 5.75 Å². The topological polar surface area (TPSA) is 129 Å². The van der Waals surface area contributed by atoms with Gasteiger partial charge in [-0.05, 0) is 49.4 Å². The third-order valence-electron chi connectivity index (χ3n) is 5.68. The number of nitro groups is 1. The zero-order valence-corrected chi connectivity index (χ0v) is 21.2. The first-order valence-electron chi connectivity index (χ1n) is 11.6. The van der Waals surface area contributed by atoms with Crippen molar-refractivity contribution in [3.63, 3.8) is 0 Å². The van der Waals surface area contributed by atoms with Gasteiger partial charge in [-0.3, -0.25) is 10.1 Å². The van der Waals surface area contributed by atoms with Gasteiger partial charge in [-0.15, -0.1) is 0 Å². The summed E-state index contributed by atoms with van der Waals surface area (Å²) >= 11 is 0. The lowest BCUT2D eigenvalue weighted by atomic mass is 9.91. The standard InChI is InChI=1S/C26H31N3O7/c1-14(2)22-21(25(30)36-15(3)4)23(28-26(31)27-22)18-11-19(29(32)33)24(20(12-18)34-6)35-13-17-10-8-7-9-16(17)5/h7-12,14-15,23H,13H2,1-6H3,(H2,27,28,31). The lowest BCUT2D eigenvalue weighted by Gasteiger charge is -2.31. The van der Waals surface area contributed by atoms with E-state index in [-0.39, 0.29) is 40.8 Å². The summed E-state index contributed by atoms with van der Waals surface area (Å²) in [6, 6.07) is 8.82. The fourth-order valence-corrected chi connectivity index (χ4v) is 3.92. The van der Waals surface area contributed by atoms with Crippen LogP contribution in [0.15, 0.2) is 47.7 Å². The number of urea groups is 1. The van der Waals surface area contributed by atoms with E-state index in [1.54, 1.807) is 13.8 Å². The molecule has 1 aliphatic rings. The Hall–Kier alpha value is -4.08. The van der Waals surface area contributed by atoms with Gasteiger partial charge in [-0.1, -0.05) is 38.1 Å². The van der Waals surface area contributed by atoms with Crippen LogP contribution in [0.2, 0.25) is 0 Å². The number of hydrogen-bond donors (Lipinski definition) is 2. The van der Waals surface area contributed by atoms with Crippen LogP contribution in [-0.4, -0.2) is 30.1 Å². The predicted octanol–water partition coefficient (Wildman–Crippen LogP) is 4.71. The third-order valence-corrected chi connectivity index (χ3v) is 5.68. The molecule has 10 nitrogen and oxygen atoms in total. The number of amides is 2. The second-order valence-electron chi connectivity index (χ2n) is 9.01. The van der Waals surface area contributed by atoms with Gasteiger partial charge >= 0.3 is 17.7 Å². The first kappa shape index (κ1) is 26.5. The van der Waals surface area contributed by atoms with Crippen molar-refractivity contribution in [2.75, 3.05) is 7.11 Å². The van der Waals surface area contributed by atoms with Crippen molar-refractivity contribution in [1.82, 2.24) is 10.6 Å². The highest BCUT2D eigenvalue weighted by atomic mass is 16.6. The molecular weight excluding hydrogens is 466 g/mol. The quantitative estimate of drug-likeness (QED) is 0.292. The molecule has 1 heterocycles. The Balaban J connectivity index is 2.12. The predicted molar refractivity (Wildman–Crippen MR) is 133 cm³/mol. The van der Waals surface area contributed by atoms with E-state index in [2.05, 4.69) is 10.6 Å². The molecule has 2 aromatic carbocycles. The Labute approximate surface area is 209 Å². The van der Waals surface area contributed by atoms with Gasteiger partial charge in [0.2, 0.25) is 5.75 Å². The van der Waals surface area contributed by atoms with Crippen molar-refractivity contribution < 1.29 is 28.7 Å². The second kappa shape index (κ2) is 11.1. The average molecular weight is 498 g/mol. The molecule has 2 aromatic rings. The van der Waals surface area contributed by atoms with Crippen LogP contribution in [-0.2, 0) is 16.1 Å². The van der Waals surface area contributed by atoms with Gasteiger partial charge in [-0.25, -0.2) is 9.59 Å². The largest absolute Gasteiger partial charge is 0.493 e. The number of carbonyl (C=O) groups is 2. The van der Waals surface area contributed by atoms with Crippen molar-refractivity contribution in [2.45, 2.75) is 53.4 Å². The molecule has 0 aliphatic carbocycles. The number of nitrogens with one attached hydrogen (secondary N) is 2. The number of nitrogens with zero attached hydrogens (tertiary/aromatic N) is 1.